The van der Waals surface area contributed by atoms with Crippen LogP contribution in [0, 0.1) is 0 Å². The molecule has 3 nitrogen and oxygen atoms in total. The first kappa shape index (κ1) is 10.8. The minimum absolute atomic E-state index is 0. The molecule has 74 valence electrons. The van der Waals surface area contributed by atoms with E-state index in [1.165, 1.54) is 6.92 Å². The Labute approximate surface area is 91.7 Å². The fourth-order valence-electron chi connectivity index (χ4n) is 1.24. The maximum atomic E-state index is 11.0. The first-order valence-electron chi connectivity index (χ1n) is 3.97. The Morgan fingerprint density at radius 2 is 2.07 bits per heavy atom. The molecule has 0 saturated heterocycles. The van der Waals surface area contributed by atoms with Gasteiger partial charge < -0.3 is 10.2 Å². The minimum atomic E-state index is -0.0743. The van der Waals surface area contributed by atoms with E-state index in [0.29, 0.717) is 17.0 Å². The molecule has 0 atom stereocenters. The molecule has 1 aromatic heterocycles. The number of ketones is 1. The second-order valence-corrected chi connectivity index (χ2v) is 2.96. The summed E-state index contributed by atoms with van der Waals surface area (Å²) in [6, 6.07) is 6.99. The molecule has 14 heavy (non-hydrogen) atoms. The second kappa shape index (κ2) is 3.86. The molecule has 2 N–H and O–H groups in total. The first-order chi connectivity index (χ1) is 6.16. The molecule has 0 unspecified atom stereocenters. The number of nitrogens with two attached hydrogens (primary N) is 1. The fraction of sp³-hybridized carbons (Fsp3) is 0.100. The maximum Gasteiger partial charge on any atom is 0.194 e. The van der Waals surface area contributed by atoms with E-state index >= 15 is 0 Å². The predicted molar refractivity (Wildman–Crippen MR) is 50.6 cm³/mol. The van der Waals surface area contributed by atoms with Crippen molar-refractivity contribution in [3.63, 3.8) is 0 Å². The molecule has 0 aliphatic carbocycles. The summed E-state index contributed by atoms with van der Waals surface area (Å²) in [7, 11) is 0. The summed E-state index contributed by atoms with van der Waals surface area (Å²) < 4.78 is 5.28. The molecule has 0 aliphatic heterocycles. The molecular weight excluding hydrogens is 222 g/mol. The number of anilines is 1. The van der Waals surface area contributed by atoms with Gasteiger partial charge in [-0.1, -0.05) is 0 Å². The summed E-state index contributed by atoms with van der Waals surface area (Å²) >= 11 is 0. The standard InChI is InChI=1S/C10H9NO2.Fe/c1-6(12)10-5-7-4-8(11)2-3-9(7)13-10;/h2-5H,11H2,1H3;. The van der Waals surface area contributed by atoms with Crippen LogP contribution in [-0.2, 0) is 17.1 Å². The number of hydrogen-bond donors (Lipinski definition) is 1. The van der Waals surface area contributed by atoms with E-state index in [9.17, 15) is 4.79 Å². The molecule has 0 saturated carbocycles. The maximum absolute atomic E-state index is 11.0. The molecular formula is C10H9FeNO2. The van der Waals surface area contributed by atoms with Gasteiger partial charge in [0.2, 0.25) is 0 Å². The SMILES string of the molecule is CC(=O)c1cc2cc(N)ccc2o1.[Fe]. The summed E-state index contributed by atoms with van der Waals surface area (Å²) in [6.45, 7) is 1.47. The second-order valence-electron chi connectivity index (χ2n) is 2.96. The Kier molecular flexibility index (Phi) is 2.99. The van der Waals surface area contributed by atoms with Crippen LogP contribution >= 0.6 is 0 Å². The third-order valence-corrected chi connectivity index (χ3v) is 1.89. The number of hydrogen-bond acceptors (Lipinski definition) is 3. The minimum Gasteiger partial charge on any atom is -0.453 e. The van der Waals surface area contributed by atoms with Crippen LogP contribution in [0.2, 0.25) is 0 Å². The van der Waals surface area contributed by atoms with Crippen LogP contribution in [-0.4, -0.2) is 5.78 Å². The average Bonchev–Trinajstić information content (AvgIpc) is 2.46. The molecule has 1 aromatic carbocycles. The van der Waals surface area contributed by atoms with Crippen LogP contribution in [0.5, 0.6) is 0 Å². The van der Waals surface area contributed by atoms with Crippen molar-refractivity contribution in [1.29, 1.82) is 0 Å². The third kappa shape index (κ3) is 1.81. The first-order valence-corrected chi connectivity index (χ1v) is 3.97. The fourth-order valence-corrected chi connectivity index (χ4v) is 1.24. The van der Waals surface area contributed by atoms with Crippen LogP contribution in [0.4, 0.5) is 5.69 Å². The molecule has 0 amide bonds. The zero-order chi connectivity index (χ0) is 9.42. The van der Waals surface area contributed by atoms with Crippen LogP contribution < -0.4 is 5.73 Å². The number of rotatable bonds is 1. The Bertz CT molecular complexity index is 476. The van der Waals surface area contributed by atoms with Gasteiger partial charge in [0.25, 0.3) is 0 Å². The van der Waals surface area contributed by atoms with Crippen LogP contribution in [0.3, 0.4) is 0 Å². The van der Waals surface area contributed by atoms with Gasteiger partial charge in [-0.05, 0) is 24.3 Å². The van der Waals surface area contributed by atoms with E-state index in [0.717, 1.165) is 5.39 Å². The van der Waals surface area contributed by atoms with Gasteiger partial charge in [-0.15, -0.1) is 0 Å². The monoisotopic (exact) mass is 231 g/mol. The Hall–Kier alpha value is -1.25. The van der Waals surface area contributed by atoms with Crippen LogP contribution in [0.15, 0.2) is 28.7 Å². The molecule has 0 bridgehead atoms. The van der Waals surface area contributed by atoms with Crippen molar-refractivity contribution in [2.75, 3.05) is 5.73 Å². The van der Waals surface area contributed by atoms with E-state index in [1.807, 2.05) is 0 Å². The van der Waals surface area contributed by atoms with Gasteiger partial charge in [0, 0.05) is 35.1 Å². The van der Waals surface area contributed by atoms with Gasteiger partial charge >= 0.3 is 0 Å². The van der Waals surface area contributed by atoms with Crippen molar-refractivity contribution in [3.8, 4) is 0 Å². The predicted octanol–water partition coefficient (Wildman–Crippen LogP) is 2.22. The van der Waals surface area contributed by atoms with E-state index in [1.54, 1.807) is 24.3 Å². The third-order valence-electron chi connectivity index (χ3n) is 1.89. The zero-order valence-electron chi connectivity index (χ0n) is 7.56. The number of carbonyl (C=O) groups is 1. The topological polar surface area (TPSA) is 56.2 Å². The van der Waals surface area contributed by atoms with Crippen molar-refractivity contribution in [1.82, 2.24) is 0 Å². The molecule has 0 aliphatic rings. The number of fused-ring (bicyclic) bond motifs is 1. The van der Waals surface area contributed by atoms with E-state index in [-0.39, 0.29) is 22.9 Å². The van der Waals surface area contributed by atoms with E-state index in [2.05, 4.69) is 0 Å². The van der Waals surface area contributed by atoms with Gasteiger partial charge in [0.1, 0.15) is 5.58 Å². The molecule has 0 spiro atoms. The normalized spacial score (nSPS) is 9.79. The molecule has 0 radical (unpaired) electrons. The number of benzene rings is 1. The summed E-state index contributed by atoms with van der Waals surface area (Å²) in [5.41, 5.74) is 6.95. The number of furan rings is 1. The van der Waals surface area contributed by atoms with Crippen LogP contribution in [0.25, 0.3) is 11.0 Å². The van der Waals surface area contributed by atoms with Crippen molar-refractivity contribution >= 4 is 22.4 Å². The quantitative estimate of drug-likeness (QED) is 0.465. The van der Waals surface area contributed by atoms with Gasteiger partial charge in [0.05, 0.1) is 0 Å². The molecule has 1 heterocycles. The van der Waals surface area contributed by atoms with Crippen molar-refractivity contribution in [3.05, 3.63) is 30.0 Å². The zero-order valence-corrected chi connectivity index (χ0v) is 8.66. The molecule has 4 heteroatoms. The van der Waals surface area contributed by atoms with Crippen molar-refractivity contribution in [2.45, 2.75) is 6.92 Å². The summed E-state index contributed by atoms with van der Waals surface area (Å²) in [5.74, 6) is 0.301. The van der Waals surface area contributed by atoms with E-state index < -0.39 is 0 Å². The van der Waals surface area contributed by atoms with Gasteiger partial charge in [-0.25, -0.2) is 0 Å². The van der Waals surface area contributed by atoms with Crippen molar-refractivity contribution in [2.24, 2.45) is 0 Å². The largest absolute Gasteiger partial charge is 0.453 e. The number of Topliss-reactive ketones (excluding diaryl/α,β-unsaturated/α-hetero) is 1. The molecule has 0 fully saturated rings. The van der Waals surface area contributed by atoms with Gasteiger partial charge in [0.15, 0.2) is 11.5 Å². The van der Waals surface area contributed by atoms with E-state index in [4.69, 9.17) is 10.2 Å². The molecule has 2 aromatic rings. The smallest absolute Gasteiger partial charge is 0.194 e. The Morgan fingerprint density at radius 3 is 2.71 bits per heavy atom. The Morgan fingerprint density at radius 1 is 1.36 bits per heavy atom. The average molecular weight is 231 g/mol. The summed E-state index contributed by atoms with van der Waals surface area (Å²) in [5, 5.41) is 0.866. The number of nitrogen functional groups attached to an aromatic ring is 1. The Balaban J connectivity index is 0.000000980. The summed E-state index contributed by atoms with van der Waals surface area (Å²) in [6.07, 6.45) is 0. The summed E-state index contributed by atoms with van der Waals surface area (Å²) in [4.78, 5) is 11.0. The van der Waals surface area contributed by atoms with Gasteiger partial charge in [-0.2, -0.15) is 0 Å². The molecule has 2 rings (SSSR count). The van der Waals surface area contributed by atoms with Crippen LogP contribution in [0.1, 0.15) is 17.5 Å². The van der Waals surface area contributed by atoms with Gasteiger partial charge in [-0.3, -0.25) is 4.79 Å². The van der Waals surface area contributed by atoms with Crippen molar-refractivity contribution < 1.29 is 26.3 Å². The number of carbonyl (C=O) groups excluding carboxylic acids is 1.